The normalized spacial score (nSPS) is 16.2. The van der Waals surface area contributed by atoms with E-state index in [1.807, 2.05) is 30.3 Å². The van der Waals surface area contributed by atoms with E-state index in [0.29, 0.717) is 30.2 Å². The Morgan fingerprint density at radius 2 is 1.73 bits per heavy atom. The monoisotopic (exact) mass is 455 g/mol. The first-order valence-corrected chi connectivity index (χ1v) is 11.1. The molecule has 2 aromatic rings. The second-order valence-electron chi connectivity index (χ2n) is 8.09. The second kappa shape index (κ2) is 11.6. The second-order valence-corrected chi connectivity index (χ2v) is 8.09. The molecule has 0 aliphatic carbocycles. The first-order valence-electron chi connectivity index (χ1n) is 11.1. The fraction of sp³-hybridized carbons (Fsp3) is 0.440. The van der Waals surface area contributed by atoms with Crippen LogP contribution in [0.25, 0.3) is 0 Å². The fourth-order valence-corrected chi connectivity index (χ4v) is 4.01. The van der Waals surface area contributed by atoms with E-state index in [0.717, 1.165) is 37.3 Å². The van der Waals surface area contributed by atoms with Crippen LogP contribution in [0.2, 0.25) is 0 Å². The molecule has 0 radical (unpaired) electrons. The van der Waals surface area contributed by atoms with Gasteiger partial charge in [0.1, 0.15) is 0 Å². The van der Waals surface area contributed by atoms with E-state index >= 15 is 0 Å². The number of rotatable bonds is 9. The Morgan fingerprint density at radius 1 is 1.00 bits per heavy atom. The summed E-state index contributed by atoms with van der Waals surface area (Å²) in [6, 6.07) is 13.5. The van der Waals surface area contributed by atoms with Crippen LogP contribution in [0.5, 0.6) is 11.5 Å². The Labute approximate surface area is 195 Å². The minimum Gasteiger partial charge on any atom is -0.493 e. The van der Waals surface area contributed by atoms with Crippen molar-refractivity contribution < 1.29 is 23.8 Å². The number of carbonyl (C=O) groups is 2. The minimum atomic E-state index is -0.336. The summed E-state index contributed by atoms with van der Waals surface area (Å²) >= 11 is 0. The van der Waals surface area contributed by atoms with Crippen molar-refractivity contribution in [2.45, 2.75) is 19.4 Å². The van der Waals surface area contributed by atoms with Gasteiger partial charge < -0.3 is 24.4 Å². The highest BCUT2D eigenvalue weighted by Gasteiger charge is 2.25. The van der Waals surface area contributed by atoms with Crippen LogP contribution >= 0.6 is 0 Å². The zero-order chi connectivity index (χ0) is 23.8. The number of esters is 1. The van der Waals surface area contributed by atoms with Crippen LogP contribution in [0.1, 0.15) is 22.8 Å². The number of piperazine rings is 1. The maximum absolute atomic E-state index is 12.5. The Balaban J connectivity index is 1.44. The quantitative estimate of drug-likeness (QED) is 0.582. The molecule has 8 nitrogen and oxygen atoms in total. The third-order valence-corrected chi connectivity index (χ3v) is 5.95. The predicted molar refractivity (Wildman–Crippen MR) is 127 cm³/mol. The van der Waals surface area contributed by atoms with Gasteiger partial charge in [0, 0.05) is 37.9 Å². The molecule has 1 aliphatic heterocycles. The zero-order valence-corrected chi connectivity index (χ0v) is 19.8. The van der Waals surface area contributed by atoms with Crippen molar-refractivity contribution in [1.82, 2.24) is 10.2 Å². The molecule has 3 rings (SSSR count). The minimum absolute atomic E-state index is 0.0261. The van der Waals surface area contributed by atoms with Gasteiger partial charge in [-0.15, -0.1) is 0 Å². The van der Waals surface area contributed by atoms with Crippen molar-refractivity contribution in [1.29, 1.82) is 0 Å². The van der Waals surface area contributed by atoms with Crippen LogP contribution in [0.4, 0.5) is 5.69 Å². The molecule has 1 amide bonds. The van der Waals surface area contributed by atoms with E-state index in [4.69, 9.17) is 14.2 Å². The lowest BCUT2D eigenvalue weighted by Crippen LogP contribution is -2.54. The van der Waals surface area contributed by atoms with Crippen LogP contribution < -0.4 is 19.7 Å². The van der Waals surface area contributed by atoms with Crippen molar-refractivity contribution in [3.63, 3.8) is 0 Å². The molecule has 1 saturated heterocycles. The number of anilines is 1. The summed E-state index contributed by atoms with van der Waals surface area (Å²) in [7, 11) is 4.60. The van der Waals surface area contributed by atoms with Crippen molar-refractivity contribution in [3.05, 3.63) is 53.6 Å². The van der Waals surface area contributed by atoms with Gasteiger partial charge in [0.15, 0.2) is 11.5 Å². The summed E-state index contributed by atoms with van der Waals surface area (Å²) in [6.45, 7) is 5.50. The van der Waals surface area contributed by atoms with Gasteiger partial charge in [-0.25, -0.2) is 4.79 Å². The van der Waals surface area contributed by atoms with Crippen LogP contribution in [0.15, 0.2) is 42.5 Å². The van der Waals surface area contributed by atoms with Crippen LogP contribution in [-0.2, 0) is 16.0 Å². The Kier molecular flexibility index (Phi) is 8.54. The summed E-state index contributed by atoms with van der Waals surface area (Å²) in [5, 5.41) is 3.02. The number of carbonyl (C=O) groups excluding carboxylic acids is 2. The highest BCUT2D eigenvalue weighted by molar-refractivity contribution is 5.89. The van der Waals surface area contributed by atoms with Crippen molar-refractivity contribution in [3.8, 4) is 11.5 Å². The Morgan fingerprint density at radius 3 is 2.36 bits per heavy atom. The number of amides is 1. The van der Waals surface area contributed by atoms with Crippen LogP contribution in [0, 0.1) is 0 Å². The standard InChI is InChI=1S/C25H33N3O5/c1-18-16-28(21-8-6-20(7-9-21)25(30)33-4)14-13-27(18)17-24(29)26-12-11-19-5-10-22(31-2)23(15-19)32-3/h5-10,15,18H,11-14,16-17H2,1-4H3,(H,26,29). The molecule has 0 bridgehead atoms. The predicted octanol–water partition coefficient (Wildman–Crippen LogP) is 2.36. The van der Waals surface area contributed by atoms with E-state index in [-0.39, 0.29) is 17.9 Å². The topological polar surface area (TPSA) is 80.3 Å². The van der Waals surface area contributed by atoms with Crippen molar-refractivity contribution >= 4 is 17.6 Å². The lowest BCUT2D eigenvalue weighted by molar-refractivity contribution is -0.122. The molecule has 1 heterocycles. The highest BCUT2D eigenvalue weighted by atomic mass is 16.5. The highest BCUT2D eigenvalue weighted by Crippen LogP contribution is 2.27. The molecule has 1 fully saturated rings. The number of benzene rings is 2. The molecular weight excluding hydrogens is 422 g/mol. The number of methoxy groups -OCH3 is 3. The lowest BCUT2D eigenvalue weighted by atomic mass is 10.1. The molecule has 178 valence electrons. The first kappa shape index (κ1) is 24.4. The smallest absolute Gasteiger partial charge is 0.337 e. The van der Waals surface area contributed by atoms with Gasteiger partial charge in [-0.3, -0.25) is 9.69 Å². The third-order valence-electron chi connectivity index (χ3n) is 5.95. The fourth-order valence-electron chi connectivity index (χ4n) is 4.01. The average molecular weight is 456 g/mol. The summed E-state index contributed by atoms with van der Waals surface area (Å²) in [4.78, 5) is 28.6. The summed E-state index contributed by atoms with van der Waals surface area (Å²) in [6.07, 6.45) is 0.719. The summed E-state index contributed by atoms with van der Waals surface area (Å²) < 4.78 is 15.4. The molecule has 2 aromatic carbocycles. The zero-order valence-electron chi connectivity index (χ0n) is 19.8. The number of hydrogen-bond acceptors (Lipinski definition) is 7. The number of hydrogen-bond donors (Lipinski definition) is 1. The van der Waals surface area contributed by atoms with Crippen LogP contribution in [0.3, 0.4) is 0 Å². The van der Waals surface area contributed by atoms with Gasteiger partial charge in [0.05, 0.1) is 33.4 Å². The van der Waals surface area contributed by atoms with Gasteiger partial charge in [-0.2, -0.15) is 0 Å². The maximum atomic E-state index is 12.5. The Bertz CT molecular complexity index is 948. The van der Waals surface area contributed by atoms with Gasteiger partial charge in [-0.1, -0.05) is 6.07 Å². The van der Waals surface area contributed by atoms with Gasteiger partial charge in [0.25, 0.3) is 0 Å². The number of ether oxygens (including phenoxy) is 3. The van der Waals surface area contributed by atoms with Gasteiger partial charge in [0.2, 0.25) is 5.91 Å². The van der Waals surface area contributed by atoms with E-state index in [1.165, 1.54) is 7.11 Å². The molecule has 1 N–H and O–H groups in total. The lowest BCUT2D eigenvalue weighted by Gasteiger charge is -2.40. The summed E-state index contributed by atoms with van der Waals surface area (Å²) in [5.41, 5.74) is 2.68. The van der Waals surface area contributed by atoms with Crippen molar-refractivity contribution in [2.75, 3.05) is 59.0 Å². The molecule has 1 unspecified atom stereocenters. The van der Waals surface area contributed by atoms with Gasteiger partial charge >= 0.3 is 5.97 Å². The third kappa shape index (κ3) is 6.38. The maximum Gasteiger partial charge on any atom is 0.337 e. The van der Waals surface area contributed by atoms with E-state index in [9.17, 15) is 9.59 Å². The molecule has 0 saturated carbocycles. The van der Waals surface area contributed by atoms with E-state index in [1.54, 1.807) is 26.4 Å². The first-order chi connectivity index (χ1) is 15.9. The molecular formula is C25H33N3O5. The molecule has 1 aliphatic rings. The molecule has 33 heavy (non-hydrogen) atoms. The van der Waals surface area contributed by atoms with E-state index < -0.39 is 0 Å². The van der Waals surface area contributed by atoms with Crippen LogP contribution in [-0.4, -0.2) is 76.9 Å². The summed E-state index contributed by atoms with van der Waals surface area (Å²) in [5.74, 6) is 1.07. The van der Waals surface area contributed by atoms with Gasteiger partial charge in [-0.05, 0) is 55.3 Å². The Hall–Kier alpha value is -3.26. The molecule has 8 heteroatoms. The van der Waals surface area contributed by atoms with Crippen molar-refractivity contribution in [2.24, 2.45) is 0 Å². The average Bonchev–Trinajstić information content (AvgIpc) is 2.84. The SMILES string of the molecule is COC(=O)c1ccc(N2CCN(CC(=O)NCCc3ccc(OC)c(OC)c3)C(C)C2)cc1. The molecule has 0 aromatic heterocycles. The molecule has 0 spiro atoms. The van der Waals surface area contributed by atoms with E-state index in [2.05, 4.69) is 22.0 Å². The number of nitrogens with one attached hydrogen (secondary N) is 1. The molecule has 1 atom stereocenters. The largest absolute Gasteiger partial charge is 0.493 e. The number of nitrogens with zero attached hydrogens (tertiary/aromatic N) is 2.